The minimum Gasteiger partial charge on any atom is -0.494 e. The van der Waals surface area contributed by atoms with Gasteiger partial charge in [-0.15, -0.1) is 0 Å². The number of hydrogen-bond acceptors (Lipinski definition) is 9. The Balaban J connectivity index is 1.16. The lowest BCUT2D eigenvalue weighted by atomic mass is 10.0. The molecule has 5 N–H and O–H groups in total. The smallest absolute Gasteiger partial charge is 0.320 e. The fourth-order valence-electron chi connectivity index (χ4n) is 7.67. The maximum Gasteiger partial charge on any atom is 0.320 e. The van der Waals surface area contributed by atoms with Crippen molar-refractivity contribution in [1.29, 1.82) is 0 Å². The van der Waals surface area contributed by atoms with Crippen molar-refractivity contribution in [2.45, 2.75) is 112 Å². The van der Waals surface area contributed by atoms with Crippen molar-refractivity contribution < 1.29 is 37.1 Å². The molecule has 0 spiro atoms. The summed E-state index contributed by atoms with van der Waals surface area (Å²) in [6, 6.07) is 9.45. The van der Waals surface area contributed by atoms with E-state index in [-0.39, 0.29) is 37.5 Å². The number of anilines is 1. The maximum absolute atomic E-state index is 14.4. The number of carbonyl (C=O) groups is 5. The molecular weight excluding hydrogens is 727 g/mol. The number of nitrogens with zero attached hydrogens (tertiary/aromatic N) is 2. The number of rotatable bonds is 3. The van der Waals surface area contributed by atoms with E-state index in [4.69, 9.17) is 4.74 Å². The van der Waals surface area contributed by atoms with Gasteiger partial charge in [0, 0.05) is 24.4 Å². The highest BCUT2D eigenvalue weighted by Gasteiger charge is 2.62. The second-order valence-electron chi connectivity index (χ2n) is 15.3. The van der Waals surface area contributed by atoms with Gasteiger partial charge >= 0.3 is 6.03 Å². The largest absolute Gasteiger partial charge is 0.494 e. The van der Waals surface area contributed by atoms with Gasteiger partial charge in [0.1, 0.15) is 29.2 Å². The number of sulfonamides is 1. The Bertz CT molecular complexity index is 1950. The number of benzene rings is 1. The minimum absolute atomic E-state index is 0.0184. The highest BCUT2D eigenvalue weighted by Crippen LogP contribution is 2.46. The van der Waals surface area contributed by atoms with E-state index >= 15 is 0 Å². The Kier molecular flexibility index (Phi) is 11.4. The van der Waals surface area contributed by atoms with Gasteiger partial charge in [-0.25, -0.2) is 18.2 Å². The van der Waals surface area contributed by atoms with E-state index in [1.54, 1.807) is 12.1 Å². The molecule has 4 heterocycles. The summed E-state index contributed by atoms with van der Waals surface area (Å²) in [5.41, 5.74) is -0.0961. The topological polar surface area (TPSA) is 205 Å². The average Bonchev–Trinajstić information content (AvgIpc) is 4.08. The van der Waals surface area contributed by atoms with Gasteiger partial charge in [0.2, 0.25) is 27.7 Å². The molecule has 3 aliphatic heterocycles. The van der Waals surface area contributed by atoms with Crippen LogP contribution in [-0.4, -0.2) is 90.0 Å². The molecule has 5 aliphatic rings. The molecule has 55 heavy (non-hydrogen) atoms. The molecule has 294 valence electrons. The summed E-state index contributed by atoms with van der Waals surface area (Å²) in [5, 5.41) is 10.8. The third-order valence-corrected chi connectivity index (χ3v) is 12.8. The summed E-state index contributed by atoms with van der Waals surface area (Å²) >= 11 is 0. The van der Waals surface area contributed by atoms with Gasteiger partial charge in [0.15, 0.2) is 0 Å². The lowest BCUT2D eigenvalue weighted by Crippen LogP contribution is -2.58. The summed E-state index contributed by atoms with van der Waals surface area (Å²) in [6.07, 6.45) is 10.5. The fraction of sp³-hybridized carbons (Fsp3) is 0.538. The highest BCUT2D eigenvalue weighted by molar-refractivity contribution is 7.91. The quantitative estimate of drug-likeness (QED) is 0.290. The molecule has 3 fully saturated rings. The van der Waals surface area contributed by atoms with Crippen molar-refractivity contribution in [3.63, 3.8) is 0 Å². The molecule has 0 radical (unpaired) electrons. The first-order chi connectivity index (χ1) is 26.5. The van der Waals surface area contributed by atoms with Gasteiger partial charge in [0.25, 0.3) is 5.91 Å². The number of aromatic nitrogens is 1. The van der Waals surface area contributed by atoms with Crippen molar-refractivity contribution in [2.24, 2.45) is 5.92 Å². The van der Waals surface area contributed by atoms with Crippen LogP contribution in [0.1, 0.15) is 83.5 Å². The molecule has 2 aliphatic carbocycles. The number of pyridine rings is 1. The summed E-state index contributed by atoms with van der Waals surface area (Å²) < 4.78 is 33.8. The van der Waals surface area contributed by atoms with Crippen LogP contribution in [-0.2, 0) is 29.2 Å². The fourth-order valence-corrected chi connectivity index (χ4v) is 9.04. The van der Waals surface area contributed by atoms with E-state index in [2.05, 4.69) is 31.0 Å². The number of fused-ring (bicyclic) bond motifs is 8. The first kappa shape index (κ1) is 38.3. The molecule has 2 aromatic rings. The lowest BCUT2D eigenvalue weighted by molar-refractivity contribution is -0.142. The van der Waals surface area contributed by atoms with Crippen LogP contribution in [0.2, 0.25) is 0 Å². The van der Waals surface area contributed by atoms with Crippen molar-refractivity contribution in [2.75, 3.05) is 18.5 Å². The van der Waals surface area contributed by atoms with Crippen molar-refractivity contribution in [1.82, 2.24) is 30.6 Å². The average molecular weight is 776 g/mol. The van der Waals surface area contributed by atoms with Crippen LogP contribution < -0.4 is 30.7 Å². The van der Waals surface area contributed by atoms with E-state index in [0.717, 1.165) is 31.2 Å². The molecule has 5 atom stereocenters. The number of urea groups is 1. The second kappa shape index (κ2) is 16.4. The molecule has 16 heteroatoms. The van der Waals surface area contributed by atoms with Gasteiger partial charge in [-0.05, 0) is 88.5 Å². The molecule has 1 aromatic heterocycles. The predicted molar refractivity (Wildman–Crippen MR) is 203 cm³/mol. The third-order valence-electron chi connectivity index (χ3n) is 11.0. The van der Waals surface area contributed by atoms with Crippen LogP contribution in [0.4, 0.5) is 10.6 Å². The van der Waals surface area contributed by atoms with E-state index in [9.17, 15) is 32.4 Å². The first-order valence-electron chi connectivity index (χ1n) is 19.4. The van der Waals surface area contributed by atoms with Crippen molar-refractivity contribution >= 4 is 45.5 Å². The van der Waals surface area contributed by atoms with E-state index < -0.39 is 68.6 Å². The van der Waals surface area contributed by atoms with Crippen molar-refractivity contribution in [3.8, 4) is 17.0 Å². The molecule has 6 amide bonds. The van der Waals surface area contributed by atoms with Crippen LogP contribution in [0, 0.1) is 5.92 Å². The SMILES string of the molecule is O=C1CCCCCOc2cccc(c2)-c2cccc(n2)NC(=O)N[C@@H]2C[C@H]3C(=O)N[C@]4(C(=O)NS(=O)(=O)C5CC5)C[C@H]4C=CCCCCC[C@H](N1)C(=O)N3C2. The van der Waals surface area contributed by atoms with E-state index in [1.165, 1.54) is 4.90 Å². The predicted octanol–water partition coefficient (Wildman–Crippen LogP) is 3.28. The van der Waals surface area contributed by atoms with Gasteiger partial charge < -0.3 is 25.6 Å². The molecule has 7 rings (SSSR count). The molecule has 15 nitrogen and oxygen atoms in total. The first-order valence-corrected chi connectivity index (χ1v) is 21.0. The highest BCUT2D eigenvalue weighted by atomic mass is 32.2. The van der Waals surface area contributed by atoms with Gasteiger partial charge in [-0.3, -0.25) is 29.2 Å². The number of amides is 6. The van der Waals surface area contributed by atoms with Crippen molar-refractivity contribution in [3.05, 3.63) is 54.6 Å². The van der Waals surface area contributed by atoms with Gasteiger partial charge in [-0.2, -0.15) is 0 Å². The molecule has 7 bridgehead atoms. The number of ether oxygens (including phenoxy) is 1. The summed E-state index contributed by atoms with van der Waals surface area (Å²) in [4.78, 5) is 75.0. The van der Waals surface area contributed by atoms with E-state index in [1.807, 2.05) is 42.5 Å². The van der Waals surface area contributed by atoms with Crippen LogP contribution in [0.5, 0.6) is 5.75 Å². The van der Waals surface area contributed by atoms with Gasteiger partial charge in [0.05, 0.1) is 23.6 Å². The van der Waals surface area contributed by atoms with Crippen LogP contribution in [0.3, 0.4) is 0 Å². The maximum atomic E-state index is 14.4. The molecule has 1 saturated heterocycles. The zero-order valence-electron chi connectivity index (χ0n) is 30.8. The molecule has 1 aromatic carbocycles. The molecular formula is C39H49N7O8S. The number of carbonyl (C=O) groups excluding carboxylic acids is 5. The lowest BCUT2D eigenvalue weighted by Gasteiger charge is -2.30. The zero-order chi connectivity index (χ0) is 38.6. The molecule has 2 saturated carbocycles. The number of hydrogen-bond donors (Lipinski definition) is 5. The normalized spacial score (nSPS) is 28.3. The van der Waals surface area contributed by atoms with Gasteiger partial charge in [-0.1, -0.05) is 43.2 Å². The second-order valence-corrected chi connectivity index (χ2v) is 17.2. The van der Waals surface area contributed by atoms with Crippen LogP contribution >= 0.6 is 0 Å². The Morgan fingerprint density at radius 1 is 0.945 bits per heavy atom. The Morgan fingerprint density at radius 2 is 1.76 bits per heavy atom. The zero-order valence-corrected chi connectivity index (χ0v) is 31.6. The van der Waals surface area contributed by atoms with E-state index in [0.29, 0.717) is 56.6 Å². The minimum atomic E-state index is -3.90. The summed E-state index contributed by atoms with van der Waals surface area (Å²) in [7, 11) is -3.90. The number of allylic oxidation sites excluding steroid dienone is 1. The Morgan fingerprint density at radius 3 is 2.60 bits per heavy atom. The van der Waals surface area contributed by atoms with Crippen LogP contribution in [0.15, 0.2) is 54.6 Å². The standard InChI is InChI=1S/C39H49N7O8S/c47-34-17-7-4-8-20-54-28-13-9-11-25(21-28)30-15-10-16-33(41-30)43-38(51)40-27-22-32-35(48)44-39(37(50)45-55(52,53)29-18-19-29)23-26(39)12-5-2-1-3-6-14-31(42-34)36(49)46(32)24-27/h5,9-13,15-16,21,26-27,29,31-32H,1-4,6-8,14,17-20,22-24H2,(H,42,47)(H,44,48)(H,45,50)(H2,40,41,43,51)/t26-,27-,31+,32+,39-/m1/s1. The summed E-state index contributed by atoms with van der Waals surface area (Å²) in [5.74, 6) is -1.65. The third kappa shape index (κ3) is 9.28. The Labute approximate surface area is 320 Å². The monoisotopic (exact) mass is 775 g/mol. The van der Waals surface area contributed by atoms with Crippen LogP contribution in [0.25, 0.3) is 11.3 Å². The number of nitrogens with one attached hydrogen (secondary N) is 5. The molecule has 0 unspecified atom stereocenters. The Hall–Kier alpha value is -4.99. The summed E-state index contributed by atoms with van der Waals surface area (Å²) in [6.45, 7) is 0.422.